The molecule has 0 atom stereocenters. The van der Waals surface area contributed by atoms with Crippen LogP contribution in [0.4, 0.5) is 11.4 Å². The Morgan fingerprint density at radius 1 is 1.50 bits per heavy atom. The summed E-state index contributed by atoms with van der Waals surface area (Å²) in [6.45, 7) is 0. The van der Waals surface area contributed by atoms with Gasteiger partial charge < -0.3 is 0 Å². The third kappa shape index (κ3) is 2.94. The zero-order valence-corrected chi connectivity index (χ0v) is 10.9. The fourth-order valence-electron chi connectivity index (χ4n) is 1.01. The lowest BCUT2D eigenvalue weighted by molar-refractivity contribution is -0.383. The number of nitrogens with one attached hydrogen (secondary N) is 1. The van der Waals surface area contributed by atoms with Gasteiger partial charge in [0, 0.05) is 4.47 Å². The molecule has 1 aromatic rings. The number of benzene rings is 1. The molecular weight excluding hydrogens is 325 g/mol. The van der Waals surface area contributed by atoms with Crippen molar-refractivity contribution in [2.75, 3.05) is 5.43 Å². The third-order valence-electron chi connectivity index (χ3n) is 1.75. The van der Waals surface area contributed by atoms with Gasteiger partial charge in [0.05, 0.1) is 4.92 Å². The third-order valence-corrected chi connectivity index (χ3v) is 2.72. The average molecular weight is 329 g/mol. The van der Waals surface area contributed by atoms with E-state index in [9.17, 15) is 10.1 Å². The Balaban J connectivity index is 3.30. The zero-order valence-electron chi connectivity index (χ0n) is 8.52. The number of rotatable bonds is 3. The molecule has 0 spiro atoms. The van der Waals surface area contributed by atoms with E-state index >= 15 is 0 Å². The fourth-order valence-corrected chi connectivity index (χ4v) is 1.65. The van der Waals surface area contributed by atoms with Gasteiger partial charge in [-0.2, -0.15) is 15.6 Å². The number of nitrogens with zero attached hydrogens (tertiary/aromatic N) is 4. The summed E-state index contributed by atoms with van der Waals surface area (Å²) in [5, 5.41) is 31.2. The van der Waals surface area contributed by atoms with E-state index in [0.717, 1.165) is 0 Å². The van der Waals surface area contributed by atoms with Gasteiger partial charge in [-0.05, 0) is 28.1 Å². The van der Waals surface area contributed by atoms with E-state index in [0.29, 0.717) is 4.47 Å². The number of nitro groups is 1. The first-order valence-corrected chi connectivity index (χ1v) is 5.44. The van der Waals surface area contributed by atoms with E-state index in [1.807, 2.05) is 0 Å². The summed E-state index contributed by atoms with van der Waals surface area (Å²) in [5.74, 6) is 0. The zero-order chi connectivity index (χ0) is 13.7. The number of anilines is 1. The highest BCUT2D eigenvalue weighted by Crippen LogP contribution is 2.38. The highest BCUT2D eigenvalue weighted by atomic mass is 79.9. The summed E-state index contributed by atoms with van der Waals surface area (Å²) >= 11 is 8.78. The van der Waals surface area contributed by atoms with Crippen LogP contribution in [-0.2, 0) is 0 Å². The number of hydrogen-bond acceptors (Lipinski definition) is 6. The van der Waals surface area contributed by atoms with Crippen molar-refractivity contribution < 1.29 is 4.92 Å². The molecule has 0 aromatic heterocycles. The molecule has 0 saturated heterocycles. The van der Waals surface area contributed by atoms with Gasteiger partial charge >= 0.3 is 5.69 Å². The molecule has 0 fully saturated rings. The van der Waals surface area contributed by atoms with Crippen molar-refractivity contribution in [2.24, 2.45) is 5.10 Å². The molecule has 0 aliphatic heterocycles. The Morgan fingerprint density at radius 2 is 2.11 bits per heavy atom. The minimum atomic E-state index is -0.691. The standard InChI is InChI=1S/C9H3BrClN5O2/c10-6-1-2-7(11)9(16(17)18)8(6)15-14-5(3-12)4-13/h1-2,15H. The lowest BCUT2D eigenvalue weighted by Gasteiger charge is -2.05. The van der Waals surface area contributed by atoms with Crippen LogP contribution in [0.5, 0.6) is 0 Å². The maximum absolute atomic E-state index is 10.9. The van der Waals surface area contributed by atoms with Gasteiger partial charge in [0.1, 0.15) is 22.8 Å². The summed E-state index contributed by atoms with van der Waals surface area (Å²) in [5.41, 5.74) is 1.38. The van der Waals surface area contributed by atoms with Gasteiger partial charge in [0.25, 0.3) is 0 Å². The Kier molecular flexibility index (Phi) is 4.60. The minimum absolute atomic E-state index is 0.0319. The second-order valence-corrected chi connectivity index (χ2v) is 4.07. The van der Waals surface area contributed by atoms with Crippen molar-refractivity contribution in [3.05, 3.63) is 31.7 Å². The summed E-state index contributed by atoms with van der Waals surface area (Å²) in [6, 6.07) is 5.85. The molecule has 0 saturated carbocycles. The fraction of sp³-hybridized carbons (Fsp3) is 0. The normalized spacial score (nSPS) is 8.89. The van der Waals surface area contributed by atoms with Gasteiger partial charge in [-0.1, -0.05) is 11.6 Å². The monoisotopic (exact) mass is 327 g/mol. The van der Waals surface area contributed by atoms with Crippen LogP contribution in [0.3, 0.4) is 0 Å². The minimum Gasteiger partial charge on any atom is -0.269 e. The lowest BCUT2D eigenvalue weighted by atomic mass is 10.3. The molecule has 9 heteroatoms. The molecule has 1 rings (SSSR count). The molecular formula is C9H3BrClN5O2. The van der Waals surface area contributed by atoms with Crippen LogP contribution in [0.15, 0.2) is 21.7 Å². The van der Waals surface area contributed by atoms with Gasteiger partial charge in [0.15, 0.2) is 0 Å². The molecule has 1 aromatic carbocycles. The molecule has 7 nitrogen and oxygen atoms in total. The number of nitro benzene ring substituents is 1. The maximum atomic E-state index is 10.9. The Morgan fingerprint density at radius 3 is 2.61 bits per heavy atom. The van der Waals surface area contributed by atoms with Crippen LogP contribution in [-0.4, -0.2) is 10.6 Å². The van der Waals surface area contributed by atoms with Crippen molar-refractivity contribution in [2.45, 2.75) is 0 Å². The van der Waals surface area contributed by atoms with Crippen molar-refractivity contribution in [3.63, 3.8) is 0 Å². The van der Waals surface area contributed by atoms with Crippen molar-refractivity contribution in [3.8, 4) is 12.1 Å². The predicted molar refractivity (Wildman–Crippen MR) is 68.1 cm³/mol. The van der Waals surface area contributed by atoms with E-state index in [-0.39, 0.29) is 10.7 Å². The molecule has 0 unspecified atom stereocenters. The van der Waals surface area contributed by atoms with Gasteiger partial charge in [-0.25, -0.2) is 0 Å². The Hall–Kier alpha value is -2.16. The van der Waals surface area contributed by atoms with E-state index in [1.54, 1.807) is 0 Å². The number of nitriles is 2. The van der Waals surface area contributed by atoms with Crippen molar-refractivity contribution in [1.29, 1.82) is 10.5 Å². The number of halogens is 2. The van der Waals surface area contributed by atoms with Crippen LogP contribution in [0, 0.1) is 32.8 Å². The number of hydrazone groups is 1. The molecule has 90 valence electrons. The van der Waals surface area contributed by atoms with Gasteiger partial charge in [-0.15, -0.1) is 0 Å². The molecule has 18 heavy (non-hydrogen) atoms. The largest absolute Gasteiger partial charge is 0.313 e. The predicted octanol–water partition coefficient (Wildman–Crippen LogP) is 2.83. The van der Waals surface area contributed by atoms with Crippen LogP contribution >= 0.6 is 27.5 Å². The average Bonchev–Trinajstić information content (AvgIpc) is 2.34. The quantitative estimate of drug-likeness (QED) is 0.520. The van der Waals surface area contributed by atoms with Crippen LogP contribution < -0.4 is 5.43 Å². The van der Waals surface area contributed by atoms with Gasteiger partial charge in [0.2, 0.25) is 5.71 Å². The van der Waals surface area contributed by atoms with Gasteiger partial charge in [-0.3, -0.25) is 15.5 Å². The topological polar surface area (TPSA) is 115 Å². The smallest absolute Gasteiger partial charge is 0.269 e. The van der Waals surface area contributed by atoms with Crippen LogP contribution in [0.2, 0.25) is 5.02 Å². The molecule has 0 heterocycles. The Labute approximate surface area is 115 Å². The van der Waals surface area contributed by atoms with Crippen LogP contribution in [0.25, 0.3) is 0 Å². The van der Waals surface area contributed by atoms with E-state index < -0.39 is 16.3 Å². The molecule has 0 aliphatic carbocycles. The second kappa shape index (κ2) is 5.96. The lowest BCUT2D eigenvalue weighted by Crippen LogP contribution is -2.01. The number of hydrogen-bond donors (Lipinski definition) is 1. The molecule has 0 radical (unpaired) electrons. The highest BCUT2D eigenvalue weighted by molar-refractivity contribution is 9.10. The molecule has 0 aliphatic rings. The molecule has 0 amide bonds. The SMILES string of the molecule is N#CC(C#N)=NNc1c(Br)ccc(Cl)c1[N+](=O)[O-]. The summed E-state index contributed by atoms with van der Waals surface area (Å²) in [4.78, 5) is 10.2. The van der Waals surface area contributed by atoms with E-state index in [2.05, 4.69) is 26.5 Å². The summed E-state index contributed by atoms with van der Waals surface area (Å²) in [6.07, 6.45) is 0. The Bertz CT molecular complexity index is 601. The maximum Gasteiger partial charge on any atom is 0.313 e. The highest BCUT2D eigenvalue weighted by Gasteiger charge is 2.21. The summed E-state index contributed by atoms with van der Waals surface area (Å²) < 4.78 is 0.331. The molecule has 0 bridgehead atoms. The molecule has 1 N–H and O–H groups in total. The van der Waals surface area contributed by atoms with Crippen molar-refractivity contribution >= 4 is 44.6 Å². The first-order valence-electron chi connectivity index (χ1n) is 4.27. The van der Waals surface area contributed by atoms with E-state index in [4.69, 9.17) is 22.1 Å². The van der Waals surface area contributed by atoms with Crippen molar-refractivity contribution in [1.82, 2.24) is 0 Å². The second-order valence-electron chi connectivity index (χ2n) is 2.81. The summed E-state index contributed by atoms with van der Waals surface area (Å²) in [7, 11) is 0. The first-order chi connectivity index (χ1) is 8.51. The van der Waals surface area contributed by atoms with E-state index in [1.165, 1.54) is 24.3 Å². The first kappa shape index (κ1) is 13.9. The van der Waals surface area contributed by atoms with Crippen LogP contribution in [0.1, 0.15) is 0 Å².